The molecule has 0 fully saturated rings. The van der Waals surface area contributed by atoms with Crippen LogP contribution in [0, 0.1) is 12.7 Å². The number of rotatable bonds is 3. The van der Waals surface area contributed by atoms with E-state index in [1.54, 1.807) is 12.1 Å². The predicted molar refractivity (Wildman–Crippen MR) is 71.3 cm³/mol. The lowest BCUT2D eigenvalue weighted by Gasteiger charge is -2.04. The van der Waals surface area contributed by atoms with Gasteiger partial charge in [0.2, 0.25) is 11.6 Å². The molecule has 2 aromatic rings. The Morgan fingerprint density at radius 1 is 1.05 bits per heavy atom. The standard InChI is InChI=1S/C15H10ClFO2/c1-9-5-6-12(13(16)7-9)15(19)14(18)10-3-2-4-11(17)8-10/h2-8H,1H3. The molecule has 0 bridgehead atoms. The van der Waals surface area contributed by atoms with E-state index in [-0.39, 0.29) is 16.1 Å². The summed E-state index contributed by atoms with van der Waals surface area (Å²) in [6.45, 7) is 1.83. The van der Waals surface area contributed by atoms with Crippen LogP contribution in [0.2, 0.25) is 5.02 Å². The molecule has 0 amide bonds. The minimum atomic E-state index is -0.773. The van der Waals surface area contributed by atoms with Crippen LogP contribution >= 0.6 is 11.6 Å². The number of aryl methyl sites for hydroxylation is 1. The van der Waals surface area contributed by atoms with Gasteiger partial charge in [-0.25, -0.2) is 4.39 Å². The number of Topliss-reactive ketones (excluding diaryl/α,β-unsaturated/α-hetero) is 2. The van der Waals surface area contributed by atoms with Crippen LogP contribution in [0.1, 0.15) is 26.3 Å². The van der Waals surface area contributed by atoms with Crippen molar-refractivity contribution in [3.63, 3.8) is 0 Å². The largest absolute Gasteiger partial charge is 0.285 e. The number of halogens is 2. The number of hydrogen-bond acceptors (Lipinski definition) is 2. The predicted octanol–water partition coefficient (Wildman–Crippen LogP) is 3.85. The lowest BCUT2D eigenvalue weighted by Crippen LogP contribution is -2.15. The highest BCUT2D eigenvalue weighted by atomic mass is 35.5. The topological polar surface area (TPSA) is 34.1 Å². The summed E-state index contributed by atoms with van der Waals surface area (Å²) in [6.07, 6.45) is 0. The van der Waals surface area contributed by atoms with Gasteiger partial charge in [-0.15, -0.1) is 0 Å². The highest BCUT2D eigenvalue weighted by Crippen LogP contribution is 2.20. The summed E-state index contributed by atoms with van der Waals surface area (Å²) in [5.41, 5.74) is 1.03. The first-order chi connectivity index (χ1) is 8.99. The molecule has 0 aliphatic rings. The second-order valence-corrected chi connectivity index (χ2v) is 4.56. The minimum absolute atomic E-state index is 0.0154. The van der Waals surface area contributed by atoms with Crippen molar-refractivity contribution in [2.45, 2.75) is 6.92 Å². The zero-order valence-corrected chi connectivity index (χ0v) is 10.9. The van der Waals surface area contributed by atoms with Gasteiger partial charge in [0.05, 0.1) is 5.02 Å². The van der Waals surface area contributed by atoms with Crippen LogP contribution in [0.5, 0.6) is 0 Å². The molecule has 0 heterocycles. The third-order valence-electron chi connectivity index (χ3n) is 2.66. The Labute approximate surface area is 114 Å². The van der Waals surface area contributed by atoms with Crippen molar-refractivity contribution in [3.05, 3.63) is 70.0 Å². The van der Waals surface area contributed by atoms with Gasteiger partial charge in [-0.1, -0.05) is 29.8 Å². The average molecular weight is 277 g/mol. The van der Waals surface area contributed by atoms with Crippen molar-refractivity contribution in [1.82, 2.24) is 0 Å². The Balaban J connectivity index is 2.36. The second-order valence-electron chi connectivity index (χ2n) is 4.15. The van der Waals surface area contributed by atoms with E-state index < -0.39 is 17.4 Å². The molecular weight excluding hydrogens is 267 g/mol. The van der Waals surface area contributed by atoms with Gasteiger partial charge in [0.15, 0.2) is 0 Å². The third-order valence-corrected chi connectivity index (χ3v) is 2.97. The SMILES string of the molecule is Cc1ccc(C(=O)C(=O)c2cccc(F)c2)c(Cl)c1. The second kappa shape index (κ2) is 5.33. The maximum Gasteiger partial charge on any atom is 0.235 e. The molecule has 0 saturated carbocycles. The average Bonchev–Trinajstić information content (AvgIpc) is 2.37. The van der Waals surface area contributed by atoms with Gasteiger partial charge in [-0.2, -0.15) is 0 Å². The number of ketones is 2. The highest BCUT2D eigenvalue weighted by molar-refractivity contribution is 6.51. The number of benzene rings is 2. The molecule has 4 heteroatoms. The Hall–Kier alpha value is -2.00. The van der Waals surface area contributed by atoms with Gasteiger partial charge in [-0.05, 0) is 36.8 Å². The van der Waals surface area contributed by atoms with Gasteiger partial charge >= 0.3 is 0 Å². The molecule has 0 N–H and O–H groups in total. The van der Waals surface area contributed by atoms with Crippen LogP contribution in [-0.4, -0.2) is 11.6 Å². The Morgan fingerprint density at radius 2 is 1.79 bits per heavy atom. The molecule has 2 aromatic carbocycles. The van der Waals surface area contributed by atoms with Gasteiger partial charge in [0.25, 0.3) is 0 Å². The molecule has 0 aliphatic carbocycles. The van der Waals surface area contributed by atoms with Crippen LogP contribution in [0.4, 0.5) is 4.39 Å². The van der Waals surface area contributed by atoms with Gasteiger partial charge < -0.3 is 0 Å². The first-order valence-corrected chi connectivity index (χ1v) is 5.97. The lowest BCUT2D eigenvalue weighted by molar-refractivity contribution is 0.0817. The third kappa shape index (κ3) is 2.88. The summed E-state index contributed by atoms with van der Waals surface area (Å²) in [6, 6.07) is 9.81. The van der Waals surface area contributed by atoms with Crippen molar-refractivity contribution in [3.8, 4) is 0 Å². The molecular formula is C15H10ClFO2. The number of carbonyl (C=O) groups is 2. The maximum absolute atomic E-state index is 13.0. The Bertz CT molecular complexity index is 665. The summed E-state index contributed by atoms with van der Waals surface area (Å²) in [7, 11) is 0. The maximum atomic E-state index is 13.0. The van der Waals surface area contributed by atoms with Crippen LogP contribution in [0.3, 0.4) is 0 Å². The zero-order chi connectivity index (χ0) is 14.0. The molecule has 96 valence electrons. The van der Waals surface area contributed by atoms with Gasteiger partial charge in [0.1, 0.15) is 5.82 Å². The van der Waals surface area contributed by atoms with E-state index in [4.69, 9.17) is 11.6 Å². The zero-order valence-electron chi connectivity index (χ0n) is 10.1. The minimum Gasteiger partial charge on any atom is -0.285 e. The van der Waals surface area contributed by atoms with Crippen molar-refractivity contribution in [1.29, 1.82) is 0 Å². The summed E-state index contributed by atoms with van der Waals surface area (Å²) in [5, 5.41) is 0.217. The van der Waals surface area contributed by atoms with Crippen LogP contribution in [0.15, 0.2) is 42.5 Å². The monoisotopic (exact) mass is 276 g/mol. The Kier molecular flexibility index (Phi) is 3.76. The molecule has 0 aliphatic heterocycles. The molecule has 2 nitrogen and oxygen atoms in total. The van der Waals surface area contributed by atoms with Crippen molar-refractivity contribution < 1.29 is 14.0 Å². The van der Waals surface area contributed by atoms with Crippen LogP contribution in [0.25, 0.3) is 0 Å². The molecule has 0 aromatic heterocycles. The molecule has 2 rings (SSSR count). The first-order valence-electron chi connectivity index (χ1n) is 5.60. The molecule has 0 unspecified atom stereocenters. The Morgan fingerprint density at radius 3 is 2.42 bits per heavy atom. The van der Waals surface area contributed by atoms with Crippen LogP contribution in [-0.2, 0) is 0 Å². The molecule has 0 atom stereocenters. The fourth-order valence-electron chi connectivity index (χ4n) is 1.69. The van der Waals surface area contributed by atoms with Crippen molar-refractivity contribution in [2.24, 2.45) is 0 Å². The van der Waals surface area contributed by atoms with E-state index in [1.807, 2.05) is 6.92 Å². The van der Waals surface area contributed by atoms with Crippen LogP contribution < -0.4 is 0 Å². The molecule has 0 radical (unpaired) electrons. The van der Waals surface area contributed by atoms with Crippen molar-refractivity contribution in [2.75, 3.05) is 0 Å². The first kappa shape index (κ1) is 13.4. The normalized spacial score (nSPS) is 10.3. The fraction of sp³-hybridized carbons (Fsp3) is 0.0667. The lowest BCUT2D eigenvalue weighted by atomic mass is 10.0. The van der Waals surface area contributed by atoms with Crippen molar-refractivity contribution >= 4 is 23.2 Å². The molecule has 19 heavy (non-hydrogen) atoms. The van der Waals surface area contributed by atoms with E-state index in [9.17, 15) is 14.0 Å². The number of carbonyl (C=O) groups excluding carboxylic acids is 2. The molecule has 0 saturated heterocycles. The summed E-state index contributed by atoms with van der Waals surface area (Å²) >= 11 is 5.94. The summed E-state index contributed by atoms with van der Waals surface area (Å²) in [5.74, 6) is -2.07. The smallest absolute Gasteiger partial charge is 0.235 e. The van der Waals surface area contributed by atoms with E-state index in [0.29, 0.717) is 0 Å². The highest BCUT2D eigenvalue weighted by Gasteiger charge is 2.20. The fourth-order valence-corrected chi connectivity index (χ4v) is 2.01. The summed E-state index contributed by atoms with van der Waals surface area (Å²) < 4.78 is 13.0. The summed E-state index contributed by atoms with van der Waals surface area (Å²) in [4.78, 5) is 24.0. The molecule has 0 spiro atoms. The van der Waals surface area contributed by atoms with Gasteiger partial charge in [0, 0.05) is 11.1 Å². The quantitative estimate of drug-likeness (QED) is 0.630. The van der Waals surface area contributed by atoms with E-state index in [1.165, 1.54) is 24.3 Å². The van der Waals surface area contributed by atoms with E-state index in [2.05, 4.69) is 0 Å². The van der Waals surface area contributed by atoms with E-state index >= 15 is 0 Å². The van der Waals surface area contributed by atoms with Gasteiger partial charge in [-0.3, -0.25) is 9.59 Å². The van der Waals surface area contributed by atoms with E-state index in [0.717, 1.165) is 11.6 Å². The number of hydrogen-bond donors (Lipinski definition) is 0.